The van der Waals surface area contributed by atoms with Gasteiger partial charge in [-0.15, -0.1) is 0 Å². The second kappa shape index (κ2) is 4.19. The SMILES string of the molecule is C/C=C(\O/C=C(/C)N)C(C)(C)C. The van der Waals surface area contributed by atoms with Gasteiger partial charge >= 0.3 is 0 Å². The van der Waals surface area contributed by atoms with Crippen molar-refractivity contribution in [2.45, 2.75) is 34.6 Å². The third-order valence-electron chi connectivity index (χ3n) is 1.37. The van der Waals surface area contributed by atoms with Gasteiger partial charge in [0.25, 0.3) is 0 Å². The van der Waals surface area contributed by atoms with Crippen LogP contribution in [0.2, 0.25) is 0 Å². The minimum atomic E-state index is 0.0424. The molecule has 0 saturated heterocycles. The molecule has 2 N–H and O–H groups in total. The summed E-state index contributed by atoms with van der Waals surface area (Å²) in [5, 5.41) is 0. The number of rotatable bonds is 2. The van der Waals surface area contributed by atoms with Crippen LogP contribution in [0.3, 0.4) is 0 Å². The van der Waals surface area contributed by atoms with Crippen molar-refractivity contribution in [3.63, 3.8) is 0 Å². The van der Waals surface area contributed by atoms with Crippen LogP contribution in [0.4, 0.5) is 0 Å². The molecular weight excluding hydrogens is 150 g/mol. The van der Waals surface area contributed by atoms with E-state index >= 15 is 0 Å². The summed E-state index contributed by atoms with van der Waals surface area (Å²) in [5.74, 6) is 0.937. The number of hydrogen-bond acceptors (Lipinski definition) is 2. The summed E-state index contributed by atoms with van der Waals surface area (Å²) in [6.45, 7) is 10.1. The molecule has 0 fully saturated rings. The average molecular weight is 169 g/mol. The van der Waals surface area contributed by atoms with Crippen molar-refractivity contribution in [2.75, 3.05) is 0 Å². The van der Waals surface area contributed by atoms with Gasteiger partial charge in [-0.25, -0.2) is 0 Å². The average Bonchev–Trinajstić information content (AvgIpc) is 1.85. The van der Waals surface area contributed by atoms with Crippen LogP contribution in [0.1, 0.15) is 34.6 Å². The Labute approximate surface area is 75.1 Å². The maximum atomic E-state index is 5.45. The molecule has 0 bridgehead atoms. The zero-order chi connectivity index (χ0) is 9.78. The molecule has 2 nitrogen and oxygen atoms in total. The maximum Gasteiger partial charge on any atom is 0.109 e. The maximum absolute atomic E-state index is 5.45. The smallest absolute Gasteiger partial charge is 0.109 e. The summed E-state index contributed by atoms with van der Waals surface area (Å²) < 4.78 is 5.39. The molecule has 0 aliphatic rings. The predicted molar refractivity (Wildman–Crippen MR) is 52.2 cm³/mol. The van der Waals surface area contributed by atoms with Crippen LogP contribution in [0, 0.1) is 5.41 Å². The first kappa shape index (κ1) is 11.1. The van der Waals surface area contributed by atoms with Gasteiger partial charge in [0.15, 0.2) is 0 Å². The largest absolute Gasteiger partial charge is 0.467 e. The fourth-order valence-corrected chi connectivity index (χ4v) is 0.834. The van der Waals surface area contributed by atoms with E-state index in [4.69, 9.17) is 10.5 Å². The molecule has 0 radical (unpaired) electrons. The fraction of sp³-hybridized carbons (Fsp3) is 0.600. The Hall–Kier alpha value is -0.920. The van der Waals surface area contributed by atoms with Crippen molar-refractivity contribution in [1.29, 1.82) is 0 Å². The van der Waals surface area contributed by atoms with Crippen molar-refractivity contribution in [2.24, 2.45) is 11.1 Å². The number of hydrogen-bond donors (Lipinski definition) is 1. The van der Waals surface area contributed by atoms with Crippen LogP contribution < -0.4 is 5.73 Å². The molecule has 0 atom stereocenters. The highest BCUT2D eigenvalue weighted by molar-refractivity contribution is 5.03. The van der Waals surface area contributed by atoms with Gasteiger partial charge in [-0.1, -0.05) is 20.8 Å². The number of allylic oxidation sites excluding steroid dienone is 3. The topological polar surface area (TPSA) is 35.2 Å². The summed E-state index contributed by atoms with van der Waals surface area (Å²) in [5.41, 5.74) is 6.17. The van der Waals surface area contributed by atoms with Crippen LogP contribution in [0.5, 0.6) is 0 Å². The van der Waals surface area contributed by atoms with Crippen LogP contribution in [-0.4, -0.2) is 0 Å². The Morgan fingerprint density at radius 1 is 1.33 bits per heavy atom. The molecule has 0 aromatic rings. The first-order valence-electron chi connectivity index (χ1n) is 4.13. The fourth-order valence-electron chi connectivity index (χ4n) is 0.834. The highest BCUT2D eigenvalue weighted by atomic mass is 16.5. The van der Waals surface area contributed by atoms with Gasteiger partial charge < -0.3 is 10.5 Å². The van der Waals surface area contributed by atoms with Crippen LogP contribution in [0.15, 0.2) is 23.8 Å². The molecule has 0 saturated carbocycles. The van der Waals surface area contributed by atoms with Crippen molar-refractivity contribution < 1.29 is 4.74 Å². The lowest BCUT2D eigenvalue weighted by Gasteiger charge is -2.21. The summed E-state index contributed by atoms with van der Waals surface area (Å²) >= 11 is 0. The zero-order valence-corrected chi connectivity index (χ0v) is 8.64. The third kappa shape index (κ3) is 4.06. The first-order valence-corrected chi connectivity index (χ1v) is 4.13. The minimum absolute atomic E-state index is 0.0424. The molecule has 0 aliphatic carbocycles. The zero-order valence-electron chi connectivity index (χ0n) is 8.64. The number of ether oxygens (including phenoxy) is 1. The Kier molecular flexibility index (Phi) is 3.87. The Morgan fingerprint density at radius 3 is 2.08 bits per heavy atom. The molecule has 70 valence electrons. The van der Waals surface area contributed by atoms with Gasteiger partial charge in [0, 0.05) is 11.1 Å². The van der Waals surface area contributed by atoms with E-state index in [2.05, 4.69) is 20.8 Å². The van der Waals surface area contributed by atoms with Gasteiger partial charge in [0.1, 0.15) is 12.0 Å². The molecule has 0 heterocycles. The van der Waals surface area contributed by atoms with Crippen molar-refractivity contribution in [3.8, 4) is 0 Å². The quantitative estimate of drug-likeness (QED) is 0.645. The van der Waals surface area contributed by atoms with Crippen LogP contribution >= 0.6 is 0 Å². The second-order valence-corrected chi connectivity index (χ2v) is 3.88. The number of nitrogens with two attached hydrogens (primary N) is 1. The molecule has 0 rings (SSSR count). The van der Waals surface area contributed by atoms with Gasteiger partial charge in [-0.05, 0) is 19.9 Å². The van der Waals surface area contributed by atoms with Gasteiger partial charge in [0.2, 0.25) is 0 Å². The van der Waals surface area contributed by atoms with Crippen molar-refractivity contribution >= 4 is 0 Å². The molecule has 0 unspecified atom stereocenters. The molecule has 0 spiro atoms. The molecule has 0 aromatic carbocycles. The Morgan fingerprint density at radius 2 is 1.83 bits per heavy atom. The lowest BCUT2D eigenvalue weighted by atomic mass is 9.94. The molecule has 0 amide bonds. The second-order valence-electron chi connectivity index (χ2n) is 3.88. The third-order valence-corrected chi connectivity index (χ3v) is 1.37. The van der Waals surface area contributed by atoms with Crippen LogP contribution in [-0.2, 0) is 4.74 Å². The molecule has 0 aliphatic heterocycles. The molecule has 2 heteroatoms. The normalized spacial score (nSPS) is 14.8. The van der Waals surface area contributed by atoms with E-state index in [1.807, 2.05) is 13.0 Å². The van der Waals surface area contributed by atoms with E-state index in [1.165, 1.54) is 0 Å². The van der Waals surface area contributed by atoms with Gasteiger partial charge in [-0.3, -0.25) is 0 Å². The summed E-state index contributed by atoms with van der Waals surface area (Å²) in [6.07, 6.45) is 3.53. The first-order chi connectivity index (χ1) is 5.38. The monoisotopic (exact) mass is 169 g/mol. The highest BCUT2D eigenvalue weighted by Crippen LogP contribution is 2.26. The standard InChI is InChI=1S/C10H19NO/c1-6-9(10(3,4)5)12-7-8(2)11/h6-7H,11H2,1-5H3/b8-7-,9-6-. The highest BCUT2D eigenvalue weighted by Gasteiger charge is 2.16. The van der Waals surface area contributed by atoms with E-state index in [0.29, 0.717) is 5.70 Å². The summed E-state index contributed by atoms with van der Waals surface area (Å²) in [6, 6.07) is 0. The van der Waals surface area contributed by atoms with Crippen LogP contribution in [0.25, 0.3) is 0 Å². The lowest BCUT2D eigenvalue weighted by Crippen LogP contribution is -2.10. The van der Waals surface area contributed by atoms with E-state index in [0.717, 1.165) is 5.76 Å². The predicted octanol–water partition coefficient (Wildman–Crippen LogP) is 2.77. The summed E-state index contributed by atoms with van der Waals surface area (Å²) in [7, 11) is 0. The molecule has 0 aromatic heterocycles. The van der Waals surface area contributed by atoms with Gasteiger partial charge in [0.05, 0.1) is 0 Å². The van der Waals surface area contributed by atoms with Gasteiger partial charge in [-0.2, -0.15) is 0 Å². The Balaban J connectivity index is 4.33. The Bertz CT molecular complexity index is 192. The lowest BCUT2D eigenvalue weighted by molar-refractivity contribution is 0.243. The van der Waals surface area contributed by atoms with E-state index < -0.39 is 0 Å². The van der Waals surface area contributed by atoms with E-state index in [-0.39, 0.29) is 5.41 Å². The molecular formula is C10H19NO. The van der Waals surface area contributed by atoms with Crippen molar-refractivity contribution in [3.05, 3.63) is 23.8 Å². The van der Waals surface area contributed by atoms with Crippen molar-refractivity contribution in [1.82, 2.24) is 0 Å². The summed E-state index contributed by atoms with van der Waals surface area (Å²) in [4.78, 5) is 0. The van der Waals surface area contributed by atoms with E-state index in [1.54, 1.807) is 13.2 Å². The van der Waals surface area contributed by atoms with E-state index in [9.17, 15) is 0 Å². The molecule has 12 heavy (non-hydrogen) atoms. The minimum Gasteiger partial charge on any atom is -0.467 e.